The molecule has 0 saturated heterocycles. The molecule has 0 aliphatic carbocycles. The Bertz CT molecular complexity index is 150. The third-order valence-corrected chi connectivity index (χ3v) is 3.51. The second kappa shape index (κ2) is 12.4. The van der Waals surface area contributed by atoms with Crippen LogP contribution in [0.2, 0.25) is 0 Å². The van der Waals surface area contributed by atoms with Gasteiger partial charge in [0.2, 0.25) is 0 Å². The van der Waals surface area contributed by atoms with E-state index in [4.69, 9.17) is 0 Å². The van der Waals surface area contributed by atoms with Crippen molar-refractivity contribution < 1.29 is 5.11 Å². The topological polar surface area (TPSA) is 32.3 Å². The predicted octanol–water partition coefficient (Wildman–Crippen LogP) is 3.88. The van der Waals surface area contributed by atoms with Gasteiger partial charge in [-0.2, -0.15) is 0 Å². The quantitative estimate of drug-likeness (QED) is 0.510. The zero-order valence-electron chi connectivity index (χ0n) is 12.2. The van der Waals surface area contributed by atoms with Crippen molar-refractivity contribution >= 4 is 0 Å². The molecule has 104 valence electrons. The number of rotatable bonds is 12. The van der Waals surface area contributed by atoms with Gasteiger partial charge in [0.1, 0.15) is 0 Å². The molecule has 0 aromatic rings. The van der Waals surface area contributed by atoms with E-state index < -0.39 is 0 Å². The zero-order valence-corrected chi connectivity index (χ0v) is 12.2. The van der Waals surface area contributed by atoms with Crippen LogP contribution in [0.25, 0.3) is 0 Å². The summed E-state index contributed by atoms with van der Waals surface area (Å²) >= 11 is 0. The van der Waals surface area contributed by atoms with Crippen molar-refractivity contribution in [1.29, 1.82) is 0 Å². The van der Waals surface area contributed by atoms with Crippen molar-refractivity contribution in [2.45, 2.75) is 90.2 Å². The van der Waals surface area contributed by atoms with Gasteiger partial charge in [-0.3, -0.25) is 0 Å². The Morgan fingerprint density at radius 1 is 0.882 bits per heavy atom. The second-order valence-corrected chi connectivity index (χ2v) is 5.22. The van der Waals surface area contributed by atoms with Gasteiger partial charge in [0.05, 0.1) is 6.10 Å². The Hall–Kier alpha value is -0.0800. The van der Waals surface area contributed by atoms with Crippen LogP contribution in [0.4, 0.5) is 0 Å². The average molecular weight is 243 g/mol. The summed E-state index contributed by atoms with van der Waals surface area (Å²) < 4.78 is 0. The fourth-order valence-corrected chi connectivity index (χ4v) is 2.26. The average Bonchev–Trinajstić information content (AvgIpc) is 2.34. The van der Waals surface area contributed by atoms with Crippen LogP contribution in [0.15, 0.2) is 0 Å². The van der Waals surface area contributed by atoms with Gasteiger partial charge in [0, 0.05) is 6.04 Å². The van der Waals surface area contributed by atoms with E-state index in [-0.39, 0.29) is 6.10 Å². The molecule has 2 atom stereocenters. The van der Waals surface area contributed by atoms with Crippen LogP contribution < -0.4 is 5.32 Å². The lowest BCUT2D eigenvalue weighted by Gasteiger charge is -2.19. The highest BCUT2D eigenvalue weighted by molar-refractivity contribution is 4.70. The number of unbranched alkanes of at least 4 members (excludes halogenated alkanes) is 5. The summed E-state index contributed by atoms with van der Waals surface area (Å²) in [7, 11) is 2.02. The molecule has 0 fully saturated rings. The van der Waals surface area contributed by atoms with Crippen molar-refractivity contribution in [3.63, 3.8) is 0 Å². The van der Waals surface area contributed by atoms with E-state index in [0.29, 0.717) is 6.04 Å². The highest BCUT2D eigenvalue weighted by atomic mass is 16.3. The van der Waals surface area contributed by atoms with Gasteiger partial charge >= 0.3 is 0 Å². The molecule has 0 amide bonds. The third-order valence-electron chi connectivity index (χ3n) is 3.51. The summed E-state index contributed by atoms with van der Waals surface area (Å²) in [6.07, 6.45) is 12.0. The number of aliphatic hydroxyl groups excluding tert-OH is 1. The summed E-state index contributed by atoms with van der Waals surface area (Å²) in [6, 6.07) is 0.503. The first-order chi connectivity index (χ1) is 8.24. The van der Waals surface area contributed by atoms with E-state index in [0.717, 1.165) is 19.3 Å². The van der Waals surface area contributed by atoms with Crippen molar-refractivity contribution in [3.8, 4) is 0 Å². The molecule has 2 heteroatoms. The maximum absolute atomic E-state index is 9.88. The minimum absolute atomic E-state index is 0.108. The van der Waals surface area contributed by atoms with Gasteiger partial charge in [-0.15, -0.1) is 0 Å². The molecule has 0 spiro atoms. The second-order valence-electron chi connectivity index (χ2n) is 5.22. The van der Waals surface area contributed by atoms with Crippen LogP contribution in [-0.4, -0.2) is 24.3 Å². The zero-order chi connectivity index (χ0) is 12.9. The van der Waals surface area contributed by atoms with E-state index in [1.54, 1.807) is 0 Å². The fraction of sp³-hybridized carbons (Fsp3) is 1.00. The molecule has 17 heavy (non-hydrogen) atoms. The van der Waals surface area contributed by atoms with Crippen LogP contribution in [-0.2, 0) is 0 Å². The van der Waals surface area contributed by atoms with Crippen molar-refractivity contribution in [2.24, 2.45) is 0 Å². The van der Waals surface area contributed by atoms with Gasteiger partial charge in [-0.25, -0.2) is 0 Å². The Balaban J connectivity index is 3.53. The molecular formula is C15H33NO. The standard InChI is InChI=1S/C15H33NO/c1-4-6-8-9-10-11-14(16-3)13-15(17)12-7-5-2/h14-17H,4-13H2,1-3H3. The van der Waals surface area contributed by atoms with Crippen LogP contribution in [0, 0.1) is 0 Å². The van der Waals surface area contributed by atoms with E-state index in [1.807, 2.05) is 7.05 Å². The van der Waals surface area contributed by atoms with Gasteiger partial charge in [-0.1, -0.05) is 58.8 Å². The highest BCUT2D eigenvalue weighted by Gasteiger charge is 2.12. The lowest BCUT2D eigenvalue weighted by atomic mass is 9.99. The fourth-order valence-electron chi connectivity index (χ4n) is 2.26. The summed E-state index contributed by atoms with van der Waals surface area (Å²) in [5.74, 6) is 0. The SMILES string of the molecule is CCCCCCCC(CC(O)CCCC)NC. The monoisotopic (exact) mass is 243 g/mol. The van der Waals surface area contributed by atoms with Gasteiger partial charge in [0.15, 0.2) is 0 Å². The predicted molar refractivity (Wildman–Crippen MR) is 76.4 cm³/mol. The molecular weight excluding hydrogens is 210 g/mol. The number of aliphatic hydroxyl groups is 1. The summed E-state index contributed by atoms with van der Waals surface area (Å²) in [4.78, 5) is 0. The largest absolute Gasteiger partial charge is 0.393 e. The molecule has 0 aliphatic rings. The maximum Gasteiger partial charge on any atom is 0.0555 e. The van der Waals surface area contributed by atoms with E-state index >= 15 is 0 Å². The molecule has 0 bridgehead atoms. The van der Waals surface area contributed by atoms with Crippen LogP contribution in [0.3, 0.4) is 0 Å². The molecule has 0 aromatic heterocycles. The lowest BCUT2D eigenvalue weighted by molar-refractivity contribution is 0.136. The minimum Gasteiger partial charge on any atom is -0.393 e. The summed E-state index contributed by atoms with van der Waals surface area (Å²) in [5, 5.41) is 13.2. The minimum atomic E-state index is -0.108. The molecule has 2 N–H and O–H groups in total. The third kappa shape index (κ3) is 10.8. The maximum atomic E-state index is 9.88. The van der Waals surface area contributed by atoms with Crippen LogP contribution in [0.1, 0.15) is 78.1 Å². The van der Waals surface area contributed by atoms with Gasteiger partial charge in [0.25, 0.3) is 0 Å². The Kier molecular flexibility index (Phi) is 12.3. The highest BCUT2D eigenvalue weighted by Crippen LogP contribution is 2.13. The number of hydrogen-bond donors (Lipinski definition) is 2. The first-order valence-electron chi connectivity index (χ1n) is 7.59. The molecule has 2 nitrogen and oxygen atoms in total. The van der Waals surface area contributed by atoms with Gasteiger partial charge in [-0.05, 0) is 26.3 Å². The number of hydrogen-bond acceptors (Lipinski definition) is 2. The molecule has 0 heterocycles. The first kappa shape index (κ1) is 16.9. The number of nitrogens with one attached hydrogen (secondary N) is 1. The van der Waals surface area contributed by atoms with E-state index in [9.17, 15) is 5.11 Å². The first-order valence-corrected chi connectivity index (χ1v) is 7.59. The molecule has 0 saturated carbocycles. The van der Waals surface area contributed by atoms with Gasteiger partial charge < -0.3 is 10.4 Å². The van der Waals surface area contributed by atoms with Crippen LogP contribution in [0.5, 0.6) is 0 Å². The Morgan fingerprint density at radius 3 is 2.12 bits per heavy atom. The van der Waals surface area contributed by atoms with Crippen molar-refractivity contribution in [1.82, 2.24) is 5.32 Å². The van der Waals surface area contributed by atoms with E-state index in [1.165, 1.54) is 44.9 Å². The molecule has 0 aromatic carbocycles. The summed E-state index contributed by atoms with van der Waals surface area (Å²) in [6.45, 7) is 4.43. The molecule has 0 radical (unpaired) electrons. The smallest absolute Gasteiger partial charge is 0.0555 e. The van der Waals surface area contributed by atoms with E-state index in [2.05, 4.69) is 19.2 Å². The normalized spacial score (nSPS) is 14.8. The van der Waals surface area contributed by atoms with Crippen molar-refractivity contribution in [2.75, 3.05) is 7.05 Å². The Morgan fingerprint density at radius 2 is 1.53 bits per heavy atom. The Labute approximate surface area is 108 Å². The molecule has 2 unspecified atom stereocenters. The van der Waals surface area contributed by atoms with Crippen molar-refractivity contribution in [3.05, 3.63) is 0 Å². The lowest BCUT2D eigenvalue weighted by Crippen LogP contribution is -2.29. The molecule has 0 rings (SSSR count). The summed E-state index contributed by atoms with van der Waals surface area (Å²) in [5.41, 5.74) is 0. The van der Waals surface area contributed by atoms with Crippen LogP contribution >= 0.6 is 0 Å². The molecule has 0 aliphatic heterocycles.